The minimum atomic E-state index is 0.0774. The highest BCUT2D eigenvalue weighted by Gasteiger charge is 2.21. The molecule has 0 saturated carbocycles. The quantitative estimate of drug-likeness (QED) is 0.728. The molecule has 1 rings (SSSR count). The van der Waals surface area contributed by atoms with Crippen molar-refractivity contribution in [3.8, 4) is 0 Å². The number of anilines is 1. The van der Waals surface area contributed by atoms with Crippen molar-refractivity contribution >= 4 is 16.3 Å². The van der Waals surface area contributed by atoms with E-state index in [9.17, 15) is 0 Å². The van der Waals surface area contributed by atoms with Gasteiger partial charge in [-0.1, -0.05) is 27.7 Å². The van der Waals surface area contributed by atoms with Crippen molar-refractivity contribution in [3.05, 3.63) is 10.7 Å². The Hall–Kier alpha value is -0.570. The molecule has 68 valence electrons. The molecule has 0 radical (unpaired) electrons. The van der Waals surface area contributed by atoms with E-state index in [0.29, 0.717) is 0 Å². The Morgan fingerprint density at radius 1 is 1.42 bits per heavy atom. The summed E-state index contributed by atoms with van der Waals surface area (Å²) >= 11 is 1.61. The van der Waals surface area contributed by atoms with Gasteiger partial charge in [0.05, 0.1) is 10.7 Å². The van der Waals surface area contributed by atoms with E-state index in [4.69, 9.17) is 5.73 Å². The molecule has 0 amide bonds. The van der Waals surface area contributed by atoms with Crippen molar-refractivity contribution in [1.29, 1.82) is 0 Å². The van der Waals surface area contributed by atoms with Gasteiger partial charge in [0.1, 0.15) is 5.00 Å². The van der Waals surface area contributed by atoms with Gasteiger partial charge in [0.25, 0.3) is 0 Å². The molecular formula is C9H16N2S. The van der Waals surface area contributed by atoms with Gasteiger partial charge < -0.3 is 5.73 Å². The summed E-state index contributed by atoms with van der Waals surface area (Å²) in [5, 5.41) is 2.01. The Labute approximate surface area is 77.8 Å². The summed E-state index contributed by atoms with van der Waals surface area (Å²) in [4.78, 5) is 4.49. The third-order valence-electron chi connectivity index (χ3n) is 1.71. The Balaban J connectivity index is 3.08. The molecule has 0 atom stereocenters. The van der Waals surface area contributed by atoms with Crippen molar-refractivity contribution in [1.82, 2.24) is 4.98 Å². The molecule has 0 aliphatic heterocycles. The van der Waals surface area contributed by atoms with Gasteiger partial charge in [-0.25, -0.2) is 4.98 Å². The molecule has 1 aromatic rings. The molecule has 3 heteroatoms. The van der Waals surface area contributed by atoms with Crippen molar-refractivity contribution in [2.24, 2.45) is 0 Å². The predicted octanol–water partition coefficient (Wildman–Crippen LogP) is 2.59. The van der Waals surface area contributed by atoms with Gasteiger partial charge in [-0.2, -0.15) is 0 Å². The Bertz CT molecular complexity index is 271. The van der Waals surface area contributed by atoms with E-state index in [1.165, 1.54) is 0 Å². The number of nitrogens with two attached hydrogens (primary N) is 1. The Kier molecular flexibility index (Phi) is 2.42. The number of hydrogen-bond donors (Lipinski definition) is 1. The lowest BCUT2D eigenvalue weighted by Gasteiger charge is -2.15. The zero-order valence-corrected chi connectivity index (χ0v) is 8.96. The molecule has 0 saturated heterocycles. The fraction of sp³-hybridized carbons (Fsp3) is 0.667. The third kappa shape index (κ3) is 1.78. The molecule has 2 nitrogen and oxygen atoms in total. The first-order valence-corrected chi connectivity index (χ1v) is 5.02. The first kappa shape index (κ1) is 9.52. The van der Waals surface area contributed by atoms with Crippen molar-refractivity contribution in [2.75, 3.05) is 5.73 Å². The Morgan fingerprint density at radius 2 is 2.00 bits per heavy atom. The second-order valence-corrected chi connectivity index (χ2v) is 5.04. The van der Waals surface area contributed by atoms with E-state index in [1.807, 2.05) is 0 Å². The molecule has 0 aromatic carbocycles. The van der Waals surface area contributed by atoms with Crippen LogP contribution in [-0.2, 0) is 11.8 Å². The average Bonchev–Trinajstić information content (AvgIpc) is 2.29. The van der Waals surface area contributed by atoms with Crippen molar-refractivity contribution < 1.29 is 0 Å². The van der Waals surface area contributed by atoms with E-state index in [2.05, 4.69) is 32.7 Å². The van der Waals surface area contributed by atoms with Gasteiger partial charge in [0, 0.05) is 5.41 Å². The van der Waals surface area contributed by atoms with Crippen LogP contribution in [0.2, 0.25) is 0 Å². The minimum absolute atomic E-state index is 0.0774. The maximum Gasteiger partial charge on any atom is 0.110 e. The minimum Gasteiger partial charge on any atom is -0.389 e. The van der Waals surface area contributed by atoms with Crippen LogP contribution in [0.5, 0.6) is 0 Å². The maximum atomic E-state index is 5.86. The fourth-order valence-electron chi connectivity index (χ4n) is 1.07. The zero-order chi connectivity index (χ0) is 9.35. The lowest BCUT2D eigenvalue weighted by atomic mass is 9.93. The normalized spacial score (nSPS) is 12.0. The number of rotatable bonds is 1. The predicted molar refractivity (Wildman–Crippen MR) is 54.6 cm³/mol. The van der Waals surface area contributed by atoms with Crippen LogP contribution in [0.3, 0.4) is 0 Å². The number of aryl methyl sites for hydroxylation is 1. The van der Waals surface area contributed by atoms with Crippen LogP contribution >= 0.6 is 11.3 Å². The van der Waals surface area contributed by atoms with E-state index in [0.717, 1.165) is 22.1 Å². The van der Waals surface area contributed by atoms with Gasteiger partial charge in [0.15, 0.2) is 0 Å². The SMILES string of the molecule is CCc1nc(C(C)(C)C)c(N)s1. The van der Waals surface area contributed by atoms with Crippen LogP contribution in [0, 0.1) is 0 Å². The van der Waals surface area contributed by atoms with Crippen LogP contribution in [0.15, 0.2) is 0 Å². The van der Waals surface area contributed by atoms with Crippen LogP contribution in [0.4, 0.5) is 5.00 Å². The molecule has 1 aromatic heterocycles. The largest absolute Gasteiger partial charge is 0.389 e. The molecule has 0 spiro atoms. The number of nitrogen functional groups attached to an aromatic ring is 1. The third-order valence-corrected chi connectivity index (χ3v) is 2.74. The summed E-state index contributed by atoms with van der Waals surface area (Å²) in [5.74, 6) is 0. The lowest BCUT2D eigenvalue weighted by Crippen LogP contribution is -2.13. The van der Waals surface area contributed by atoms with Crippen molar-refractivity contribution in [3.63, 3.8) is 0 Å². The van der Waals surface area contributed by atoms with Gasteiger partial charge in [-0.05, 0) is 6.42 Å². The molecule has 0 aliphatic carbocycles. The summed E-state index contributed by atoms with van der Waals surface area (Å²) < 4.78 is 0. The van der Waals surface area contributed by atoms with Crippen molar-refractivity contribution in [2.45, 2.75) is 39.5 Å². The van der Waals surface area contributed by atoms with Gasteiger partial charge in [-0.3, -0.25) is 0 Å². The highest BCUT2D eigenvalue weighted by Crippen LogP contribution is 2.31. The summed E-state index contributed by atoms with van der Waals surface area (Å²) in [5.41, 5.74) is 6.98. The Morgan fingerprint density at radius 3 is 2.25 bits per heavy atom. The first-order chi connectivity index (χ1) is 5.45. The molecular weight excluding hydrogens is 168 g/mol. The number of hydrogen-bond acceptors (Lipinski definition) is 3. The number of thiazole rings is 1. The highest BCUT2D eigenvalue weighted by atomic mass is 32.1. The summed E-state index contributed by atoms with van der Waals surface area (Å²) in [6, 6.07) is 0. The molecule has 0 bridgehead atoms. The monoisotopic (exact) mass is 184 g/mol. The lowest BCUT2D eigenvalue weighted by molar-refractivity contribution is 0.573. The van der Waals surface area contributed by atoms with Crippen LogP contribution in [0.25, 0.3) is 0 Å². The molecule has 12 heavy (non-hydrogen) atoms. The first-order valence-electron chi connectivity index (χ1n) is 4.20. The number of nitrogens with zero attached hydrogens (tertiary/aromatic N) is 1. The second kappa shape index (κ2) is 3.05. The van der Waals surface area contributed by atoms with E-state index in [1.54, 1.807) is 11.3 Å². The van der Waals surface area contributed by atoms with Crippen LogP contribution < -0.4 is 5.73 Å². The topological polar surface area (TPSA) is 38.9 Å². The smallest absolute Gasteiger partial charge is 0.110 e. The molecule has 1 heterocycles. The zero-order valence-electron chi connectivity index (χ0n) is 8.14. The fourth-order valence-corrected chi connectivity index (χ4v) is 2.05. The second-order valence-electron chi connectivity index (χ2n) is 3.92. The standard InChI is InChI=1S/C9H16N2S/c1-5-6-11-7(8(10)12-6)9(2,3)4/h5,10H2,1-4H3. The highest BCUT2D eigenvalue weighted by molar-refractivity contribution is 7.15. The van der Waals surface area contributed by atoms with Gasteiger partial charge in [0.2, 0.25) is 0 Å². The average molecular weight is 184 g/mol. The van der Waals surface area contributed by atoms with E-state index in [-0.39, 0.29) is 5.41 Å². The molecule has 2 N–H and O–H groups in total. The van der Waals surface area contributed by atoms with Gasteiger partial charge in [-0.15, -0.1) is 11.3 Å². The molecule has 0 fully saturated rings. The summed E-state index contributed by atoms with van der Waals surface area (Å²) in [6.07, 6.45) is 0.977. The summed E-state index contributed by atoms with van der Waals surface area (Å²) in [6.45, 7) is 8.51. The number of aromatic nitrogens is 1. The maximum absolute atomic E-state index is 5.86. The van der Waals surface area contributed by atoms with Crippen LogP contribution in [-0.4, -0.2) is 4.98 Å². The van der Waals surface area contributed by atoms with E-state index >= 15 is 0 Å². The molecule has 0 aliphatic rings. The molecule has 0 unspecified atom stereocenters. The summed E-state index contributed by atoms with van der Waals surface area (Å²) in [7, 11) is 0. The van der Waals surface area contributed by atoms with Gasteiger partial charge >= 0.3 is 0 Å². The van der Waals surface area contributed by atoms with E-state index < -0.39 is 0 Å². The van der Waals surface area contributed by atoms with Crippen LogP contribution in [0.1, 0.15) is 38.4 Å².